The van der Waals surface area contributed by atoms with Gasteiger partial charge in [0.25, 0.3) is 0 Å². The van der Waals surface area contributed by atoms with Crippen molar-refractivity contribution in [2.45, 2.75) is 12.5 Å². The van der Waals surface area contributed by atoms with E-state index in [1.807, 2.05) is 0 Å². The van der Waals surface area contributed by atoms with Crippen LogP contribution in [-0.2, 0) is 4.79 Å². The predicted octanol–water partition coefficient (Wildman–Crippen LogP) is 1.49. The summed E-state index contributed by atoms with van der Waals surface area (Å²) in [5, 5.41) is 7.36. The highest BCUT2D eigenvalue weighted by Gasteiger charge is 2.24. The van der Waals surface area contributed by atoms with Crippen LogP contribution in [0.1, 0.15) is 6.92 Å². The van der Waals surface area contributed by atoms with E-state index in [1.165, 1.54) is 6.08 Å². The van der Waals surface area contributed by atoms with Crippen molar-refractivity contribution in [3.05, 3.63) is 11.2 Å². The van der Waals surface area contributed by atoms with Gasteiger partial charge in [-0.3, -0.25) is 0 Å². The number of aldehydes is 1. The Morgan fingerprint density at radius 3 is 2.78 bits per heavy atom. The van der Waals surface area contributed by atoms with Crippen LogP contribution < -0.4 is 0 Å². The standard InChI is InChI=1S/C5H5ClN2O/c1-5(3-9)2-4(6)7-8-5/h2-3H,1H3. The second kappa shape index (κ2) is 1.92. The van der Waals surface area contributed by atoms with Crippen LogP contribution in [0.5, 0.6) is 0 Å². The molecule has 0 saturated carbocycles. The molecule has 0 aromatic heterocycles. The van der Waals surface area contributed by atoms with E-state index in [1.54, 1.807) is 6.92 Å². The Labute approximate surface area is 57.4 Å². The van der Waals surface area contributed by atoms with E-state index in [9.17, 15) is 4.79 Å². The van der Waals surface area contributed by atoms with Crippen LogP contribution in [-0.4, -0.2) is 11.8 Å². The summed E-state index contributed by atoms with van der Waals surface area (Å²) in [4.78, 5) is 10.2. The fourth-order valence-electron chi connectivity index (χ4n) is 0.512. The summed E-state index contributed by atoms with van der Waals surface area (Å²) < 4.78 is 0. The van der Waals surface area contributed by atoms with Crippen molar-refractivity contribution in [2.75, 3.05) is 0 Å². The second-order valence-corrected chi connectivity index (χ2v) is 2.40. The number of halogens is 1. The summed E-state index contributed by atoms with van der Waals surface area (Å²) in [5.41, 5.74) is -0.808. The lowest BCUT2D eigenvalue weighted by molar-refractivity contribution is -0.110. The van der Waals surface area contributed by atoms with Crippen LogP contribution in [0, 0.1) is 0 Å². The van der Waals surface area contributed by atoms with Crippen LogP contribution in [0.4, 0.5) is 0 Å². The first-order valence-electron chi connectivity index (χ1n) is 2.44. The monoisotopic (exact) mass is 144 g/mol. The van der Waals surface area contributed by atoms with Crippen molar-refractivity contribution in [3.63, 3.8) is 0 Å². The Bertz CT molecular complexity index is 199. The molecule has 1 aliphatic heterocycles. The topological polar surface area (TPSA) is 41.8 Å². The normalized spacial score (nSPS) is 32.4. The van der Waals surface area contributed by atoms with Crippen molar-refractivity contribution in [1.82, 2.24) is 0 Å². The maximum absolute atomic E-state index is 10.2. The van der Waals surface area contributed by atoms with Gasteiger partial charge in [-0.2, -0.15) is 5.11 Å². The minimum absolute atomic E-state index is 0.282. The first-order valence-corrected chi connectivity index (χ1v) is 2.82. The van der Waals surface area contributed by atoms with E-state index in [2.05, 4.69) is 10.2 Å². The molecule has 1 heterocycles. The number of hydrogen-bond donors (Lipinski definition) is 0. The van der Waals surface area contributed by atoms with Gasteiger partial charge in [0.05, 0.1) is 0 Å². The van der Waals surface area contributed by atoms with Crippen molar-refractivity contribution in [1.29, 1.82) is 0 Å². The van der Waals surface area contributed by atoms with Crippen LogP contribution in [0.2, 0.25) is 0 Å². The molecule has 9 heavy (non-hydrogen) atoms. The van der Waals surface area contributed by atoms with Crippen molar-refractivity contribution >= 4 is 17.9 Å². The summed E-state index contributed by atoms with van der Waals surface area (Å²) in [7, 11) is 0. The van der Waals surface area contributed by atoms with Crippen LogP contribution in [0.3, 0.4) is 0 Å². The number of azo groups is 1. The molecule has 1 rings (SSSR count). The van der Waals surface area contributed by atoms with Gasteiger partial charge < -0.3 is 4.79 Å². The van der Waals surface area contributed by atoms with Crippen molar-refractivity contribution < 1.29 is 4.79 Å². The summed E-state index contributed by atoms with van der Waals surface area (Å²) in [5.74, 6) is 0. The highest BCUT2D eigenvalue weighted by molar-refractivity contribution is 6.29. The maximum atomic E-state index is 10.2. The predicted molar refractivity (Wildman–Crippen MR) is 33.3 cm³/mol. The molecule has 0 saturated heterocycles. The fraction of sp³-hybridized carbons (Fsp3) is 0.400. The molecule has 0 aliphatic carbocycles. The van der Waals surface area contributed by atoms with E-state index in [4.69, 9.17) is 11.6 Å². The van der Waals surface area contributed by atoms with Gasteiger partial charge in [-0.1, -0.05) is 11.6 Å². The van der Waals surface area contributed by atoms with Gasteiger partial charge in [0.15, 0.2) is 11.8 Å². The number of carbonyl (C=O) groups is 1. The zero-order valence-electron chi connectivity index (χ0n) is 4.84. The molecule has 0 N–H and O–H groups in total. The molecular formula is C5H5ClN2O. The Hall–Kier alpha value is -0.700. The maximum Gasteiger partial charge on any atom is 0.155 e. The molecule has 1 atom stereocenters. The van der Waals surface area contributed by atoms with Crippen LogP contribution in [0.25, 0.3) is 0 Å². The first kappa shape index (κ1) is 6.42. The lowest BCUT2D eigenvalue weighted by Crippen LogP contribution is -2.17. The van der Waals surface area contributed by atoms with Gasteiger partial charge in [0.1, 0.15) is 5.16 Å². The van der Waals surface area contributed by atoms with Gasteiger partial charge in [-0.15, -0.1) is 5.11 Å². The molecule has 0 bridgehead atoms. The van der Waals surface area contributed by atoms with Gasteiger partial charge in [0, 0.05) is 0 Å². The average molecular weight is 145 g/mol. The molecule has 48 valence electrons. The number of carbonyl (C=O) groups excluding carboxylic acids is 1. The molecule has 0 fully saturated rings. The highest BCUT2D eigenvalue weighted by atomic mass is 35.5. The number of nitrogens with zero attached hydrogens (tertiary/aromatic N) is 2. The summed E-state index contributed by atoms with van der Waals surface area (Å²) in [6, 6.07) is 0. The molecular weight excluding hydrogens is 140 g/mol. The molecule has 0 radical (unpaired) electrons. The first-order chi connectivity index (χ1) is 4.16. The van der Waals surface area contributed by atoms with E-state index in [0.29, 0.717) is 6.29 Å². The third kappa shape index (κ3) is 1.16. The largest absolute Gasteiger partial charge is 0.300 e. The smallest absolute Gasteiger partial charge is 0.155 e. The van der Waals surface area contributed by atoms with Crippen molar-refractivity contribution in [3.8, 4) is 0 Å². The SMILES string of the molecule is CC1(C=O)C=C(Cl)N=N1. The third-order valence-corrected chi connectivity index (χ3v) is 1.20. The number of rotatable bonds is 1. The molecule has 1 unspecified atom stereocenters. The second-order valence-electron chi connectivity index (χ2n) is 2.01. The molecule has 0 aromatic rings. The molecule has 0 amide bonds. The quantitative estimate of drug-likeness (QED) is 0.406. The third-order valence-electron chi connectivity index (χ3n) is 1.01. The lowest BCUT2D eigenvalue weighted by Gasteiger charge is -2.02. The van der Waals surface area contributed by atoms with E-state index in [0.717, 1.165) is 0 Å². The summed E-state index contributed by atoms with van der Waals surface area (Å²) >= 11 is 5.42. The van der Waals surface area contributed by atoms with E-state index >= 15 is 0 Å². The minimum atomic E-state index is -0.808. The van der Waals surface area contributed by atoms with Gasteiger partial charge in [-0.25, -0.2) is 0 Å². The average Bonchev–Trinajstić information content (AvgIpc) is 2.13. The van der Waals surface area contributed by atoms with E-state index < -0.39 is 5.54 Å². The highest BCUT2D eigenvalue weighted by Crippen LogP contribution is 2.23. The Kier molecular flexibility index (Phi) is 1.37. The van der Waals surface area contributed by atoms with Crippen LogP contribution in [0.15, 0.2) is 21.5 Å². The molecule has 0 spiro atoms. The van der Waals surface area contributed by atoms with Gasteiger partial charge in [0.2, 0.25) is 0 Å². The van der Waals surface area contributed by atoms with E-state index in [-0.39, 0.29) is 5.16 Å². The molecule has 3 nitrogen and oxygen atoms in total. The summed E-state index contributed by atoms with van der Waals surface area (Å²) in [6.45, 7) is 1.64. The molecule has 1 aliphatic rings. The van der Waals surface area contributed by atoms with Gasteiger partial charge >= 0.3 is 0 Å². The Morgan fingerprint density at radius 2 is 2.56 bits per heavy atom. The fourth-order valence-corrected chi connectivity index (χ4v) is 0.771. The molecule has 4 heteroatoms. The zero-order valence-corrected chi connectivity index (χ0v) is 5.59. The lowest BCUT2D eigenvalue weighted by atomic mass is 10.1. The van der Waals surface area contributed by atoms with Crippen LogP contribution >= 0.6 is 11.6 Å². The Morgan fingerprint density at radius 1 is 1.89 bits per heavy atom. The van der Waals surface area contributed by atoms with Gasteiger partial charge in [-0.05, 0) is 13.0 Å². The summed E-state index contributed by atoms with van der Waals surface area (Å²) in [6.07, 6.45) is 2.20. The minimum Gasteiger partial charge on any atom is -0.300 e. The Balaban J connectivity index is 2.90. The number of hydrogen-bond acceptors (Lipinski definition) is 3. The van der Waals surface area contributed by atoms with Crippen molar-refractivity contribution in [2.24, 2.45) is 10.2 Å². The molecule has 0 aromatic carbocycles. The zero-order chi connectivity index (χ0) is 6.91.